The molecule has 0 aliphatic rings. The zero-order chi connectivity index (χ0) is 15.8. The molecule has 1 aromatic rings. The molecule has 0 amide bonds. The Balaban J connectivity index is 2.97. The van der Waals surface area contributed by atoms with Gasteiger partial charge in [0.05, 0.1) is 18.8 Å². The van der Waals surface area contributed by atoms with Crippen LogP contribution in [0.5, 0.6) is 0 Å². The first-order valence-corrected chi connectivity index (χ1v) is 6.83. The van der Waals surface area contributed by atoms with Gasteiger partial charge in [-0.15, -0.1) is 0 Å². The zero-order valence-corrected chi connectivity index (χ0v) is 12.8. The summed E-state index contributed by atoms with van der Waals surface area (Å²) in [5.74, 6) is -1.01. The predicted molar refractivity (Wildman–Crippen MR) is 81.4 cm³/mol. The Hall–Kier alpha value is -1.63. The molecule has 1 aromatic carbocycles. The summed E-state index contributed by atoms with van der Waals surface area (Å²) >= 11 is 0. The zero-order valence-electron chi connectivity index (χ0n) is 12.8. The van der Waals surface area contributed by atoms with Crippen molar-refractivity contribution in [1.82, 2.24) is 4.90 Å². The van der Waals surface area contributed by atoms with Crippen molar-refractivity contribution >= 4 is 11.7 Å². The Labute approximate surface area is 125 Å². The van der Waals surface area contributed by atoms with E-state index in [4.69, 9.17) is 15.2 Å². The summed E-state index contributed by atoms with van der Waals surface area (Å²) in [6, 6.07) is 5.31. The molecule has 0 aliphatic heterocycles. The monoisotopic (exact) mass is 296 g/mol. The number of methoxy groups -OCH3 is 2. The third kappa shape index (κ3) is 5.00. The van der Waals surface area contributed by atoms with Crippen LogP contribution in [0.15, 0.2) is 18.2 Å². The van der Waals surface area contributed by atoms with Crippen LogP contribution in [0.3, 0.4) is 0 Å². The summed E-state index contributed by atoms with van der Waals surface area (Å²) in [5, 5.41) is 9.33. The maximum absolute atomic E-state index is 11.4. The number of hydrogen-bond donors (Lipinski definition) is 2. The van der Waals surface area contributed by atoms with Crippen molar-refractivity contribution in [3.63, 3.8) is 0 Å². The molecule has 0 fully saturated rings. The first-order valence-electron chi connectivity index (χ1n) is 6.83. The predicted octanol–water partition coefficient (Wildman–Crippen LogP) is 1.45. The molecule has 1 atom stereocenters. The van der Waals surface area contributed by atoms with E-state index in [-0.39, 0.29) is 17.3 Å². The van der Waals surface area contributed by atoms with Gasteiger partial charge in [0, 0.05) is 39.0 Å². The minimum Gasteiger partial charge on any atom is -0.478 e. The Bertz CT molecular complexity index is 465. The number of ether oxygens (including phenoxy) is 2. The van der Waals surface area contributed by atoms with Gasteiger partial charge in [-0.3, -0.25) is 4.90 Å². The van der Waals surface area contributed by atoms with E-state index in [1.807, 2.05) is 6.92 Å². The maximum atomic E-state index is 11.4. The van der Waals surface area contributed by atoms with Crippen molar-refractivity contribution in [2.45, 2.75) is 19.5 Å². The molecule has 0 spiro atoms. The molecule has 0 saturated carbocycles. The number of carboxylic acid groups (broad SMARTS) is 1. The van der Waals surface area contributed by atoms with Crippen molar-refractivity contribution in [2.24, 2.45) is 0 Å². The lowest BCUT2D eigenvalue weighted by Crippen LogP contribution is -2.38. The number of carboxylic acids is 1. The molecule has 0 aliphatic carbocycles. The molecule has 1 rings (SSSR count). The van der Waals surface area contributed by atoms with Crippen LogP contribution in [0.4, 0.5) is 5.69 Å². The number of nitrogens with two attached hydrogens (primary N) is 1. The van der Waals surface area contributed by atoms with Crippen LogP contribution in [-0.2, 0) is 16.0 Å². The second kappa shape index (κ2) is 8.61. The standard InChI is InChI=1S/C15H24N2O4/c1-11(10-21-3)17(7-8-20-2)9-12-5-4-6-13(16)14(12)15(18)19/h4-6,11H,7-10,16H2,1-3H3,(H,18,19). The first kappa shape index (κ1) is 17.4. The van der Waals surface area contributed by atoms with Crippen molar-refractivity contribution in [3.05, 3.63) is 29.3 Å². The lowest BCUT2D eigenvalue weighted by molar-refractivity contribution is 0.0665. The Morgan fingerprint density at radius 1 is 1.38 bits per heavy atom. The molecule has 118 valence electrons. The topological polar surface area (TPSA) is 85.0 Å². The van der Waals surface area contributed by atoms with E-state index in [1.165, 1.54) is 0 Å². The van der Waals surface area contributed by atoms with E-state index in [0.29, 0.717) is 31.9 Å². The number of aromatic carboxylic acids is 1. The number of hydrogen-bond acceptors (Lipinski definition) is 5. The third-order valence-corrected chi connectivity index (χ3v) is 3.38. The highest BCUT2D eigenvalue weighted by Gasteiger charge is 2.19. The lowest BCUT2D eigenvalue weighted by Gasteiger charge is -2.29. The molecular weight excluding hydrogens is 272 g/mol. The van der Waals surface area contributed by atoms with Gasteiger partial charge >= 0.3 is 5.97 Å². The van der Waals surface area contributed by atoms with Crippen LogP contribution in [0, 0.1) is 0 Å². The lowest BCUT2D eigenvalue weighted by atomic mass is 10.0. The molecule has 0 aromatic heterocycles. The van der Waals surface area contributed by atoms with E-state index >= 15 is 0 Å². The first-order chi connectivity index (χ1) is 10.0. The average Bonchev–Trinajstić information content (AvgIpc) is 2.43. The van der Waals surface area contributed by atoms with Crippen molar-refractivity contribution in [3.8, 4) is 0 Å². The molecule has 6 heteroatoms. The summed E-state index contributed by atoms with van der Waals surface area (Å²) in [5.41, 5.74) is 6.93. The van der Waals surface area contributed by atoms with Gasteiger partial charge in [-0.05, 0) is 18.6 Å². The molecule has 21 heavy (non-hydrogen) atoms. The number of nitrogens with zero attached hydrogens (tertiary/aromatic N) is 1. The highest BCUT2D eigenvalue weighted by molar-refractivity contribution is 5.95. The van der Waals surface area contributed by atoms with Gasteiger partial charge in [0.15, 0.2) is 0 Å². The van der Waals surface area contributed by atoms with Crippen molar-refractivity contribution in [1.29, 1.82) is 0 Å². The van der Waals surface area contributed by atoms with Crippen LogP contribution in [0.25, 0.3) is 0 Å². The van der Waals surface area contributed by atoms with E-state index in [1.54, 1.807) is 32.4 Å². The number of carbonyl (C=O) groups is 1. The van der Waals surface area contributed by atoms with Crippen molar-refractivity contribution < 1.29 is 19.4 Å². The van der Waals surface area contributed by atoms with Crippen LogP contribution < -0.4 is 5.73 Å². The summed E-state index contributed by atoms with van der Waals surface area (Å²) in [4.78, 5) is 13.5. The highest BCUT2D eigenvalue weighted by Crippen LogP contribution is 2.20. The van der Waals surface area contributed by atoms with Crippen molar-refractivity contribution in [2.75, 3.05) is 39.7 Å². The summed E-state index contributed by atoms with van der Waals surface area (Å²) < 4.78 is 10.3. The fourth-order valence-electron chi connectivity index (χ4n) is 2.24. The van der Waals surface area contributed by atoms with Gasteiger partial charge in [0.1, 0.15) is 0 Å². The molecule has 6 nitrogen and oxygen atoms in total. The number of anilines is 1. The van der Waals surface area contributed by atoms with Gasteiger partial charge in [-0.2, -0.15) is 0 Å². The van der Waals surface area contributed by atoms with Crippen LogP contribution in [-0.4, -0.2) is 56.0 Å². The minimum atomic E-state index is -1.01. The SMILES string of the molecule is COCCN(Cc1cccc(N)c1C(=O)O)C(C)COC. The average molecular weight is 296 g/mol. The van der Waals surface area contributed by atoms with E-state index in [0.717, 1.165) is 0 Å². The molecule has 0 bridgehead atoms. The van der Waals surface area contributed by atoms with E-state index in [9.17, 15) is 9.90 Å². The number of nitrogen functional groups attached to an aromatic ring is 1. The molecule has 1 unspecified atom stereocenters. The number of rotatable bonds is 9. The summed E-state index contributed by atoms with van der Waals surface area (Å²) in [6.07, 6.45) is 0. The summed E-state index contributed by atoms with van der Waals surface area (Å²) in [6.45, 7) is 4.34. The van der Waals surface area contributed by atoms with Gasteiger partial charge in [-0.1, -0.05) is 12.1 Å². The normalized spacial score (nSPS) is 12.6. The van der Waals surface area contributed by atoms with Crippen LogP contribution in [0.1, 0.15) is 22.8 Å². The summed E-state index contributed by atoms with van der Waals surface area (Å²) in [7, 11) is 3.29. The Morgan fingerprint density at radius 3 is 2.67 bits per heavy atom. The Morgan fingerprint density at radius 2 is 2.10 bits per heavy atom. The quantitative estimate of drug-likeness (QED) is 0.671. The van der Waals surface area contributed by atoms with E-state index < -0.39 is 5.97 Å². The van der Waals surface area contributed by atoms with E-state index in [2.05, 4.69) is 4.90 Å². The van der Waals surface area contributed by atoms with Crippen LogP contribution >= 0.6 is 0 Å². The smallest absolute Gasteiger partial charge is 0.338 e. The second-order valence-corrected chi connectivity index (χ2v) is 4.95. The third-order valence-electron chi connectivity index (χ3n) is 3.38. The molecule has 0 heterocycles. The molecule has 0 saturated heterocycles. The minimum absolute atomic E-state index is 0.147. The van der Waals surface area contributed by atoms with Gasteiger partial charge in [0.2, 0.25) is 0 Å². The fourth-order valence-corrected chi connectivity index (χ4v) is 2.24. The maximum Gasteiger partial charge on any atom is 0.338 e. The second-order valence-electron chi connectivity index (χ2n) is 4.95. The fraction of sp³-hybridized carbons (Fsp3) is 0.533. The van der Waals surface area contributed by atoms with Crippen LogP contribution in [0.2, 0.25) is 0 Å². The molecule has 0 radical (unpaired) electrons. The van der Waals surface area contributed by atoms with Gasteiger partial charge in [-0.25, -0.2) is 4.79 Å². The highest BCUT2D eigenvalue weighted by atomic mass is 16.5. The largest absolute Gasteiger partial charge is 0.478 e. The molecule has 3 N–H and O–H groups in total. The van der Waals surface area contributed by atoms with Gasteiger partial charge in [0.25, 0.3) is 0 Å². The Kier molecular flexibility index (Phi) is 7.14. The number of benzene rings is 1. The molecular formula is C15H24N2O4. The van der Waals surface area contributed by atoms with Gasteiger partial charge < -0.3 is 20.3 Å².